The lowest BCUT2D eigenvalue weighted by Gasteiger charge is -2.12. The Labute approximate surface area is 105 Å². The molecule has 0 radical (unpaired) electrons. The van der Waals surface area contributed by atoms with E-state index in [0.717, 1.165) is 21.7 Å². The number of hydrogen-bond acceptors (Lipinski definition) is 4. The zero-order valence-corrected chi connectivity index (χ0v) is 10.7. The summed E-state index contributed by atoms with van der Waals surface area (Å²) < 4.78 is 0.895. The van der Waals surface area contributed by atoms with Gasteiger partial charge in [0.1, 0.15) is 0 Å². The number of carbonyl (C=O) groups is 1. The molecule has 0 saturated carbocycles. The van der Waals surface area contributed by atoms with Gasteiger partial charge in [-0.2, -0.15) is 21.9 Å². The SMILES string of the molecule is O=C1C2CSCC2=NN1c1ccc(Br)cn1. The highest BCUT2D eigenvalue weighted by molar-refractivity contribution is 9.10. The summed E-state index contributed by atoms with van der Waals surface area (Å²) in [5.74, 6) is 2.35. The lowest BCUT2D eigenvalue weighted by molar-refractivity contribution is -0.119. The van der Waals surface area contributed by atoms with Crippen molar-refractivity contribution in [2.45, 2.75) is 0 Å². The number of halogens is 1. The highest BCUT2D eigenvalue weighted by atomic mass is 79.9. The van der Waals surface area contributed by atoms with Crippen molar-refractivity contribution < 1.29 is 4.79 Å². The summed E-state index contributed by atoms with van der Waals surface area (Å²) in [7, 11) is 0. The average Bonchev–Trinajstić information content (AvgIpc) is 2.84. The highest BCUT2D eigenvalue weighted by Crippen LogP contribution is 2.31. The van der Waals surface area contributed by atoms with Crippen molar-refractivity contribution in [3.63, 3.8) is 0 Å². The Morgan fingerprint density at radius 3 is 3.06 bits per heavy atom. The number of hydrazone groups is 1. The molecule has 0 aromatic carbocycles. The van der Waals surface area contributed by atoms with Gasteiger partial charge in [0.2, 0.25) is 0 Å². The molecule has 0 spiro atoms. The van der Waals surface area contributed by atoms with Gasteiger partial charge in [0, 0.05) is 22.2 Å². The first-order chi connectivity index (χ1) is 7.75. The van der Waals surface area contributed by atoms with E-state index in [1.807, 2.05) is 6.07 Å². The number of nitrogens with zero attached hydrogens (tertiary/aromatic N) is 3. The van der Waals surface area contributed by atoms with Crippen LogP contribution in [0.25, 0.3) is 0 Å². The molecule has 1 unspecified atom stereocenters. The van der Waals surface area contributed by atoms with Gasteiger partial charge in [-0.1, -0.05) is 0 Å². The number of hydrogen-bond donors (Lipinski definition) is 0. The minimum Gasteiger partial charge on any atom is -0.272 e. The van der Waals surface area contributed by atoms with Crippen LogP contribution < -0.4 is 5.01 Å². The third kappa shape index (κ3) is 1.56. The molecule has 2 aliphatic rings. The Morgan fingerprint density at radius 2 is 2.38 bits per heavy atom. The van der Waals surface area contributed by atoms with Crippen molar-refractivity contribution in [3.8, 4) is 0 Å². The molecule has 16 heavy (non-hydrogen) atoms. The van der Waals surface area contributed by atoms with Crippen molar-refractivity contribution in [2.75, 3.05) is 16.5 Å². The third-order valence-electron chi connectivity index (χ3n) is 2.60. The molecule has 1 aromatic rings. The molecule has 1 fully saturated rings. The molecular formula is C10H8BrN3OS. The maximum absolute atomic E-state index is 12.0. The van der Waals surface area contributed by atoms with Gasteiger partial charge in [0.25, 0.3) is 5.91 Å². The second-order valence-corrected chi connectivity index (χ2v) is 5.59. The summed E-state index contributed by atoms with van der Waals surface area (Å²) in [6.45, 7) is 0. The maximum atomic E-state index is 12.0. The van der Waals surface area contributed by atoms with Gasteiger partial charge in [-0.05, 0) is 28.1 Å². The quantitative estimate of drug-likeness (QED) is 0.795. The van der Waals surface area contributed by atoms with Gasteiger partial charge in [0.05, 0.1) is 11.6 Å². The number of pyridine rings is 1. The average molecular weight is 298 g/mol. The molecule has 4 nitrogen and oxygen atoms in total. The number of amides is 1. The molecule has 2 aliphatic heterocycles. The van der Waals surface area contributed by atoms with E-state index in [1.54, 1.807) is 24.0 Å². The van der Waals surface area contributed by atoms with E-state index in [2.05, 4.69) is 26.0 Å². The van der Waals surface area contributed by atoms with E-state index in [1.165, 1.54) is 5.01 Å². The molecule has 1 amide bonds. The van der Waals surface area contributed by atoms with Crippen molar-refractivity contribution >= 4 is 45.1 Å². The van der Waals surface area contributed by atoms with Crippen molar-refractivity contribution in [1.82, 2.24) is 4.98 Å². The van der Waals surface area contributed by atoms with E-state index < -0.39 is 0 Å². The third-order valence-corrected chi connectivity index (χ3v) is 4.14. The van der Waals surface area contributed by atoms with Crippen LogP contribution in [0.2, 0.25) is 0 Å². The first-order valence-electron chi connectivity index (χ1n) is 4.86. The van der Waals surface area contributed by atoms with Crippen molar-refractivity contribution in [1.29, 1.82) is 0 Å². The number of carbonyl (C=O) groups excluding carboxylic acids is 1. The van der Waals surface area contributed by atoms with Gasteiger partial charge < -0.3 is 0 Å². The van der Waals surface area contributed by atoms with Crippen LogP contribution in [-0.2, 0) is 4.79 Å². The number of aromatic nitrogens is 1. The van der Waals surface area contributed by atoms with Crippen LogP contribution in [0.15, 0.2) is 27.9 Å². The molecule has 1 atom stereocenters. The fourth-order valence-corrected chi connectivity index (χ4v) is 3.16. The summed E-state index contributed by atoms with van der Waals surface area (Å²) in [4.78, 5) is 16.2. The van der Waals surface area contributed by atoms with Crippen molar-refractivity contribution in [3.05, 3.63) is 22.8 Å². The maximum Gasteiger partial charge on any atom is 0.258 e. The van der Waals surface area contributed by atoms with E-state index in [9.17, 15) is 4.79 Å². The highest BCUT2D eigenvalue weighted by Gasteiger charge is 2.40. The second-order valence-electron chi connectivity index (χ2n) is 3.64. The summed E-state index contributed by atoms with van der Waals surface area (Å²) in [6, 6.07) is 3.65. The van der Waals surface area contributed by atoms with Gasteiger partial charge in [-0.25, -0.2) is 4.98 Å². The molecule has 0 bridgehead atoms. The molecule has 82 valence electrons. The molecule has 1 saturated heterocycles. The minimum atomic E-state index is -0.0181. The molecule has 1 aromatic heterocycles. The van der Waals surface area contributed by atoms with E-state index >= 15 is 0 Å². The zero-order chi connectivity index (χ0) is 11.1. The van der Waals surface area contributed by atoms with E-state index in [4.69, 9.17) is 0 Å². The number of thioether (sulfide) groups is 1. The summed E-state index contributed by atoms with van der Waals surface area (Å²) >= 11 is 5.08. The molecule has 3 heterocycles. The number of rotatable bonds is 1. The largest absolute Gasteiger partial charge is 0.272 e. The monoisotopic (exact) mass is 297 g/mol. The predicted molar refractivity (Wildman–Crippen MR) is 67.7 cm³/mol. The standard InChI is InChI=1S/C10H8BrN3OS/c11-6-1-2-9(12-3-6)14-10(15)7-4-16-5-8(7)13-14/h1-3,7H,4-5H2. The summed E-state index contributed by atoms with van der Waals surface area (Å²) in [5.41, 5.74) is 0.986. The summed E-state index contributed by atoms with van der Waals surface area (Å²) in [6.07, 6.45) is 1.67. The van der Waals surface area contributed by atoms with Crippen LogP contribution >= 0.6 is 27.7 Å². The lowest BCUT2D eigenvalue weighted by Crippen LogP contribution is -2.27. The van der Waals surface area contributed by atoms with Gasteiger partial charge in [-0.3, -0.25) is 4.79 Å². The Morgan fingerprint density at radius 1 is 1.50 bits per heavy atom. The topological polar surface area (TPSA) is 45.6 Å². The van der Waals surface area contributed by atoms with Gasteiger partial charge in [-0.15, -0.1) is 0 Å². The van der Waals surface area contributed by atoms with E-state index in [-0.39, 0.29) is 11.8 Å². The molecule has 6 heteroatoms. The molecular weight excluding hydrogens is 290 g/mol. The second kappa shape index (κ2) is 3.85. The first kappa shape index (κ1) is 10.3. The first-order valence-corrected chi connectivity index (χ1v) is 6.81. The molecule has 0 aliphatic carbocycles. The number of fused-ring (bicyclic) bond motifs is 1. The van der Waals surface area contributed by atoms with Crippen LogP contribution in [0.3, 0.4) is 0 Å². The van der Waals surface area contributed by atoms with Gasteiger partial charge in [0.15, 0.2) is 5.82 Å². The zero-order valence-electron chi connectivity index (χ0n) is 8.26. The van der Waals surface area contributed by atoms with Crippen LogP contribution in [0.4, 0.5) is 5.82 Å². The van der Waals surface area contributed by atoms with Crippen LogP contribution in [0.1, 0.15) is 0 Å². The fourth-order valence-electron chi connectivity index (χ4n) is 1.77. The normalized spacial score (nSPS) is 23.6. The predicted octanol–water partition coefficient (Wildman–Crippen LogP) is 1.91. The smallest absolute Gasteiger partial charge is 0.258 e. The van der Waals surface area contributed by atoms with Crippen LogP contribution in [0, 0.1) is 5.92 Å². The Hall–Kier alpha value is -0.880. The number of anilines is 1. The Bertz CT molecular complexity index is 473. The van der Waals surface area contributed by atoms with Crippen molar-refractivity contribution in [2.24, 2.45) is 11.0 Å². The minimum absolute atomic E-state index is 0.0181. The molecule has 0 N–H and O–H groups in total. The Kier molecular flexibility index (Phi) is 2.48. The lowest BCUT2D eigenvalue weighted by atomic mass is 10.1. The van der Waals surface area contributed by atoms with E-state index in [0.29, 0.717) is 5.82 Å². The fraction of sp³-hybridized carbons (Fsp3) is 0.300. The van der Waals surface area contributed by atoms with Gasteiger partial charge >= 0.3 is 0 Å². The summed E-state index contributed by atoms with van der Waals surface area (Å²) in [5, 5.41) is 5.76. The van der Waals surface area contributed by atoms with Crippen LogP contribution in [0.5, 0.6) is 0 Å². The molecule has 3 rings (SSSR count). The Balaban J connectivity index is 1.94. The van der Waals surface area contributed by atoms with Crippen LogP contribution in [-0.4, -0.2) is 28.1 Å².